The zero-order valence-electron chi connectivity index (χ0n) is 9.95. The van der Waals surface area contributed by atoms with E-state index in [1.165, 1.54) is 12.1 Å². The Kier molecular flexibility index (Phi) is 2.40. The highest BCUT2D eigenvalue weighted by Gasteiger charge is 2.47. The van der Waals surface area contributed by atoms with Crippen molar-refractivity contribution in [3.05, 3.63) is 29.6 Å². The van der Waals surface area contributed by atoms with Gasteiger partial charge in [0.2, 0.25) is 0 Å². The number of aliphatic hydroxyl groups is 1. The first kappa shape index (κ1) is 11.0. The fraction of sp³-hybridized carbons (Fsp3) is 0.571. The van der Waals surface area contributed by atoms with Gasteiger partial charge >= 0.3 is 0 Å². The lowest BCUT2D eigenvalue weighted by molar-refractivity contribution is -0.0358. The summed E-state index contributed by atoms with van der Waals surface area (Å²) in [5.74, 6) is 0.788. The number of benzene rings is 1. The van der Waals surface area contributed by atoms with E-state index in [4.69, 9.17) is 4.74 Å². The fourth-order valence-electron chi connectivity index (χ4n) is 3.24. The predicted octanol–water partition coefficient (Wildman–Crippen LogP) is 3.20. The van der Waals surface area contributed by atoms with E-state index >= 15 is 0 Å². The Hall–Kier alpha value is -1.09. The van der Waals surface area contributed by atoms with Gasteiger partial charge in [-0.25, -0.2) is 4.39 Å². The van der Waals surface area contributed by atoms with Crippen molar-refractivity contribution in [2.75, 3.05) is 0 Å². The van der Waals surface area contributed by atoms with Crippen molar-refractivity contribution in [1.82, 2.24) is 0 Å². The lowest BCUT2D eigenvalue weighted by Crippen LogP contribution is -2.43. The lowest BCUT2D eigenvalue weighted by atomic mass is 9.82. The quantitative estimate of drug-likeness (QED) is 0.749. The van der Waals surface area contributed by atoms with Gasteiger partial charge in [-0.2, -0.15) is 0 Å². The highest BCUT2D eigenvalue weighted by atomic mass is 19.1. The molecular formula is C14H17FO2. The van der Waals surface area contributed by atoms with Gasteiger partial charge in [0.05, 0.1) is 6.10 Å². The van der Waals surface area contributed by atoms with Crippen LogP contribution in [0.25, 0.3) is 0 Å². The van der Waals surface area contributed by atoms with Crippen LogP contribution in [0.4, 0.5) is 4.39 Å². The second kappa shape index (κ2) is 3.70. The number of halogens is 1. The molecule has 17 heavy (non-hydrogen) atoms. The Bertz CT molecular complexity index is 446. The minimum Gasteiger partial charge on any atom is -0.487 e. The molecule has 0 aromatic heterocycles. The minimum atomic E-state index is -0.602. The zero-order valence-corrected chi connectivity index (χ0v) is 9.95. The van der Waals surface area contributed by atoms with Crippen LogP contribution in [0.3, 0.4) is 0 Å². The smallest absolute Gasteiger partial charge is 0.126 e. The van der Waals surface area contributed by atoms with Gasteiger partial charge in [0, 0.05) is 12.0 Å². The van der Waals surface area contributed by atoms with Crippen molar-refractivity contribution in [3.63, 3.8) is 0 Å². The highest BCUT2D eigenvalue weighted by molar-refractivity contribution is 5.39. The summed E-state index contributed by atoms with van der Waals surface area (Å²) in [6.07, 6.45) is 3.26. The molecule has 1 fully saturated rings. The Morgan fingerprint density at radius 2 is 2.29 bits per heavy atom. The second-order valence-corrected chi connectivity index (χ2v) is 5.36. The van der Waals surface area contributed by atoms with Crippen LogP contribution in [0.15, 0.2) is 18.2 Å². The van der Waals surface area contributed by atoms with E-state index in [9.17, 15) is 9.50 Å². The third kappa shape index (κ3) is 1.64. The van der Waals surface area contributed by atoms with Crippen LogP contribution in [0, 0.1) is 11.7 Å². The molecule has 2 unspecified atom stereocenters. The zero-order chi connectivity index (χ0) is 12.0. The van der Waals surface area contributed by atoms with Crippen molar-refractivity contribution in [3.8, 4) is 5.75 Å². The van der Waals surface area contributed by atoms with Crippen molar-refractivity contribution < 1.29 is 14.2 Å². The minimum absolute atomic E-state index is 0.232. The molecule has 0 saturated heterocycles. The first-order valence-electron chi connectivity index (χ1n) is 6.27. The molecule has 1 saturated carbocycles. The number of hydrogen-bond acceptors (Lipinski definition) is 2. The van der Waals surface area contributed by atoms with E-state index < -0.39 is 6.10 Å². The standard InChI is InChI=1S/C14H17FO2/c1-9-3-2-6-14(9)8-12(16)11-7-10(15)4-5-13(11)17-14/h4-5,7,9,12,16H,2-3,6,8H2,1H3/t9?,12-,14?/m0/s1. The van der Waals surface area contributed by atoms with Gasteiger partial charge in [0.15, 0.2) is 0 Å². The molecule has 1 aliphatic heterocycles. The molecule has 0 amide bonds. The molecule has 3 rings (SSSR count). The van der Waals surface area contributed by atoms with Crippen molar-refractivity contribution in [1.29, 1.82) is 0 Å². The highest BCUT2D eigenvalue weighted by Crippen LogP contribution is 2.49. The maximum Gasteiger partial charge on any atom is 0.126 e. The van der Waals surface area contributed by atoms with Gasteiger partial charge in [-0.1, -0.05) is 6.92 Å². The van der Waals surface area contributed by atoms with E-state index in [2.05, 4.69) is 6.92 Å². The normalized spacial score (nSPS) is 35.7. The van der Waals surface area contributed by atoms with Crippen LogP contribution in [0.5, 0.6) is 5.75 Å². The van der Waals surface area contributed by atoms with Crippen LogP contribution >= 0.6 is 0 Å². The van der Waals surface area contributed by atoms with E-state index in [0.717, 1.165) is 19.3 Å². The first-order valence-corrected chi connectivity index (χ1v) is 6.27. The third-order valence-corrected chi connectivity index (χ3v) is 4.32. The van der Waals surface area contributed by atoms with Gasteiger partial charge in [-0.3, -0.25) is 0 Å². The van der Waals surface area contributed by atoms with Crippen LogP contribution in [0.2, 0.25) is 0 Å². The summed E-state index contributed by atoms with van der Waals surface area (Å²) in [5, 5.41) is 10.2. The molecule has 1 spiro atoms. The number of ether oxygens (including phenoxy) is 1. The molecule has 2 aliphatic rings. The maximum atomic E-state index is 13.1. The van der Waals surface area contributed by atoms with Gasteiger partial charge in [0.25, 0.3) is 0 Å². The number of rotatable bonds is 0. The molecule has 1 aromatic carbocycles. The molecule has 92 valence electrons. The summed E-state index contributed by atoms with van der Waals surface area (Å²) in [7, 11) is 0. The van der Waals surface area contributed by atoms with Crippen LogP contribution in [0.1, 0.15) is 44.3 Å². The molecule has 0 radical (unpaired) electrons. The summed E-state index contributed by atoms with van der Waals surface area (Å²) in [5.41, 5.74) is 0.360. The molecule has 1 heterocycles. The van der Waals surface area contributed by atoms with E-state index in [1.807, 2.05) is 0 Å². The lowest BCUT2D eigenvalue weighted by Gasteiger charge is -2.41. The largest absolute Gasteiger partial charge is 0.487 e. The maximum absolute atomic E-state index is 13.1. The Balaban J connectivity index is 2.01. The summed E-state index contributed by atoms with van der Waals surface area (Å²) < 4.78 is 19.2. The van der Waals surface area contributed by atoms with E-state index in [-0.39, 0.29) is 11.4 Å². The van der Waals surface area contributed by atoms with E-state index in [1.54, 1.807) is 6.07 Å². The first-order chi connectivity index (χ1) is 8.11. The van der Waals surface area contributed by atoms with Gasteiger partial charge in [-0.05, 0) is 43.4 Å². The van der Waals surface area contributed by atoms with Gasteiger partial charge < -0.3 is 9.84 Å². The molecule has 3 heteroatoms. The number of fused-ring (bicyclic) bond motifs is 1. The van der Waals surface area contributed by atoms with E-state index in [0.29, 0.717) is 23.7 Å². The number of hydrogen-bond donors (Lipinski definition) is 1. The molecular weight excluding hydrogens is 219 g/mol. The number of aliphatic hydroxyl groups excluding tert-OH is 1. The molecule has 0 bridgehead atoms. The third-order valence-electron chi connectivity index (χ3n) is 4.32. The summed E-state index contributed by atoms with van der Waals surface area (Å²) in [6.45, 7) is 2.17. The molecule has 2 nitrogen and oxygen atoms in total. The Morgan fingerprint density at radius 3 is 3.00 bits per heavy atom. The predicted molar refractivity (Wildman–Crippen MR) is 62.4 cm³/mol. The molecule has 1 aliphatic carbocycles. The Labute approximate surface area is 100 Å². The van der Waals surface area contributed by atoms with Crippen molar-refractivity contribution >= 4 is 0 Å². The van der Waals surface area contributed by atoms with Crippen molar-refractivity contribution in [2.24, 2.45) is 5.92 Å². The van der Waals surface area contributed by atoms with Crippen LogP contribution in [-0.4, -0.2) is 10.7 Å². The summed E-state index contributed by atoms with van der Waals surface area (Å²) in [4.78, 5) is 0. The van der Waals surface area contributed by atoms with Gasteiger partial charge in [-0.15, -0.1) is 0 Å². The molecule has 1 aromatic rings. The fourth-order valence-corrected chi connectivity index (χ4v) is 3.24. The topological polar surface area (TPSA) is 29.5 Å². The summed E-state index contributed by atoms with van der Waals surface area (Å²) >= 11 is 0. The summed E-state index contributed by atoms with van der Waals surface area (Å²) in [6, 6.07) is 4.41. The van der Waals surface area contributed by atoms with Crippen molar-refractivity contribution in [2.45, 2.75) is 44.3 Å². The average molecular weight is 236 g/mol. The Morgan fingerprint density at radius 1 is 1.47 bits per heavy atom. The molecule has 1 N–H and O–H groups in total. The average Bonchev–Trinajstić information content (AvgIpc) is 2.62. The molecule has 3 atom stereocenters. The van der Waals surface area contributed by atoms with Crippen LogP contribution < -0.4 is 4.74 Å². The van der Waals surface area contributed by atoms with Gasteiger partial charge in [0.1, 0.15) is 17.2 Å². The van der Waals surface area contributed by atoms with Crippen LogP contribution in [-0.2, 0) is 0 Å². The SMILES string of the molecule is CC1CCCC12C[C@H](O)c1cc(F)ccc1O2. The second-order valence-electron chi connectivity index (χ2n) is 5.36. The monoisotopic (exact) mass is 236 g/mol.